The summed E-state index contributed by atoms with van der Waals surface area (Å²) in [6, 6.07) is 8.42. The fraction of sp³-hybridized carbons (Fsp3) is 0.478. The summed E-state index contributed by atoms with van der Waals surface area (Å²) in [5, 5.41) is 8.15. The number of nitrogens with one attached hydrogen (secondary N) is 1. The quantitative estimate of drug-likeness (QED) is 0.672. The van der Waals surface area contributed by atoms with E-state index in [2.05, 4.69) is 51.5 Å². The lowest BCUT2D eigenvalue weighted by atomic mass is 9.96. The molecule has 4 rings (SSSR count). The van der Waals surface area contributed by atoms with E-state index >= 15 is 0 Å². The van der Waals surface area contributed by atoms with E-state index in [1.54, 1.807) is 0 Å². The highest BCUT2D eigenvalue weighted by atomic mass is 16.5. The van der Waals surface area contributed by atoms with Crippen molar-refractivity contribution in [1.29, 1.82) is 0 Å². The maximum atomic E-state index is 12.9. The Kier molecular flexibility index (Phi) is 5.97. The summed E-state index contributed by atoms with van der Waals surface area (Å²) in [4.78, 5) is 24.1. The highest BCUT2D eigenvalue weighted by molar-refractivity contribution is 5.89. The Morgan fingerprint density at radius 2 is 1.93 bits per heavy atom. The van der Waals surface area contributed by atoms with Gasteiger partial charge in [-0.3, -0.25) is 4.79 Å². The zero-order valence-corrected chi connectivity index (χ0v) is 17.9. The molecule has 0 unspecified atom stereocenters. The summed E-state index contributed by atoms with van der Waals surface area (Å²) in [6.45, 7) is 8.10. The minimum Gasteiger partial charge on any atom is -0.355 e. The van der Waals surface area contributed by atoms with Crippen molar-refractivity contribution < 1.29 is 9.32 Å². The van der Waals surface area contributed by atoms with Gasteiger partial charge >= 0.3 is 0 Å². The summed E-state index contributed by atoms with van der Waals surface area (Å²) in [7, 11) is 0. The molecular formula is C23H29N5O2. The second kappa shape index (κ2) is 8.81. The van der Waals surface area contributed by atoms with E-state index in [1.165, 1.54) is 5.56 Å². The molecule has 0 radical (unpaired) electrons. The molecule has 7 nitrogen and oxygen atoms in total. The van der Waals surface area contributed by atoms with Gasteiger partial charge in [-0.25, -0.2) is 4.98 Å². The molecule has 7 heteroatoms. The minimum absolute atomic E-state index is 0.0658. The molecule has 158 valence electrons. The topological polar surface area (TPSA) is 84.2 Å². The van der Waals surface area contributed by atoms with E-state index in [0.717, 1.165) is 54.7 Å². The van der Waals surface area contributed by atoms with Crippen LogP contribution in [0.15, 0.2) is 28.8 Å². The molecular weight excluding hydrogens is 378 g/mol. The largest absolute Gasteiger partial charge is 0.355 e. The molecule has 0 bridgehead atoms. The predicted octanol–water partition coefficient (Wildman–Crippen LogP) is 3.58. The van der Waals surface area contributed by atoms with Gasteiger partial charge < -0.3 is 14.7 Å². The standard InChI is InChI=1S/C23H29N5O2/c1-4-16-8-10-17(11-9-16)13-24-22(29)18-7-6-12-28(14-18)21-20-19(5-2)27-30-23(20)26-15(3)25-21/h8-11,18H,4-7,12-14H2,1-3H3,(H,24,29)/t18-/m1/s1. The first-order valence-electron chi connectivity index (χ1n) is 10.8. The van der Waals surface area contributed by atoms with Crippen molar-refractivity contribution in [2.24, 2.45) is 5.92 Å². The number of amides is 1. The van der Waals surface area contributed by atoms with Crippen LogP contribution >= 0.6 is 0 Å². The summed E-state index contributed by atoms with van der Waals surface area (Å²) < 4.78 is 5.42. The first kappa shape index (κ1) is 20.3. The lowest BCUT2D eigenvalue weighted by Gasteiger charge is -2.33. The Morgan fingerprint density at radius 1 is 1.17 bits per heavy atom. The Morgan fingerprint density at radius 3 is 2.67 bits per heavy atom. The zero-order valence-electron chi connectivity index (χ0n) is 17.9. The number of fused-ring (bicyclic) bond motifs is 1. The number of nitrogens with zero attached hydrogens (tertiary/aromatic N) is 4. The Labute approximate surface area is 176 Å². The molecule has 1 amide bonds. The van der Waals surface area contributed by atoms with Crippen LogP contribution in [0.3, 0.4) is 0 Å². The third-order valence-electron chi connectivity index (χ3n) is 5.82. The SMILES string of the molecule is CCc1ccc(CNC(=O)[C@@H]2CCCN(c3nc(C)nc4onc(CC)c34)C2)cc1. The van der Waals surface area contributed by atoms with Crippen molar-refractivity contribution in [3.8, 4) is 0 Å². The molecule has 3 aromatic rings. The van der Waals surface area contributed by atoms with Crippen molar-refractivity contribution in [2.45, 2.75) is 53.0 Å². The number of piperidine rings is 1. The van der Waals surface area contributed by atoms with Crippen molar-refractivity contribution >= 4 is 22.8 Å². The summed E-state index contributed by atoms with van der Waals surface area (Å²) >= 11 is 0. The second-order valence-corrected chi connectivity index (χ2v) is 7.93. The van der Waals surface area contributed by atoms with Crippen LogP contribution in [-0.2, 0) is 24.2 Å². The van der Waals surface area contributed by atoms with Crippen LogP contribution in [0.1, 0.15) is 49.3 Å². The molecule has 0 spiro atoms. The van der Waals surface area contributed by atoms with Gasteiger partial charge in [0.2, 0.25) is 5.91 Å². The van der Waals surface area contributed by atoms with Crippen molar-refractivity contribution in [1.82, 2.24) is 20.4 Å². The van der Waals surface area contributed by atoms with E-state index in [4.69, 9.17) is 9.51 Å². The molecule has 30 heavy (non-hydrogen) atoms. The van der Waals surface area contributed by atoms with Crippen LogP contribution in [0.5, 0.6) is 0 Å². The van der Waals surface area contributed by atoms with Gasteiger partial charge in [0.25, 0.3) is 5.71 Å². The molecule has 1 aliphatic heterocycles. The second-order valence-electron chi connectivity index (χ2n) is 7.93. The third kappa shape index (κ3) is 4.15. The highest BCUT2D eigenvalue weighted by Gasteiger charge is 2.29. The Balaban J connectivity index is 1.47. The molecule has 3 heterocycles. The first-order valence-corrected chi connectivity index (χ1v) is 10.8. The molecule has 2 aromatic heterocycles. The number of aromatic nitrogens is 3. The van der Waals surface area contributed by atoms with E-state index in [9.17, 15) is 4.79 Å². The molecule has 1 N–H and O–H groups in total. The highest BCUT2D eigenvalue weighted by Crippen LogP contribution is 2.30. The van der Waals surface area contributed by atoms with E-state index in [-0.39, 0.29) is 11.8 Å². The molecule has 0 saturated carbocycles. The van der Waals surface area contributed by atoms with Crippen LogP contribution in [0.2, 0.25) is 0 Å². The van der Waals surface area contributed by atoms with Gasteiger partial charge in [0.15, 0.2) is 0 Å². The molecule has 1 aromatic carbocycles. The number of carbonyl (C=O) groups excluding carboxylic acids is 1. The zero-order chi connectivity index (χ0) is 21.1. The first-order chi connectivity index (χ1) is 14.6. The molecule has 1 atom stereocenters. The van der Waals surface area contributed by atoms with Crippen LogP contribution in [-0.4, -0.2) is 34.1 Å². The molecule has 1 fully saturated rings. The maximum absolute atomic E-state index is 12.9. The van der Waals surface area contributed by atoms with E-state index < -0.39 is 0 Å². The normalized spacial score (nSPS) is 16.8. The van der Waals surface area contributed by atoms with Crippen LogP contribution in [0.4, 0.5) is 5.82 Å². The van der Waals surface area contributed by atoms with Gasteiger partial charge in [-0.05, 0) is 43.7 Å². The summed E-state index contributed by atoms with van der Waals surface area (Å²) in [5.41, 5.74) is 3.82. The smallest absolute Gasteiger partial charge is 0.263 e. The number of benzene rings is 1. The number of hydrogen-bond donors (Lipinski definition) is 1. The van der Waals surface area contributed by atoms with Crippen LogP contribution in [0, 0.1) is 12.8 Å². The van der Waals surface area contributed by atoms with Crippen molar-refractivity contribution in [2.75, 3.05) is 18.0 Å². The number of anilines is 1. The monoisotopic (exact) mass is 407 g/mol. The Bertz CT molecular complexity index is 1030. The summed E-state index contributed by atoms with van der Waals surface area (Å²) in [5.74, 6) is 1.52. The fourth-order valence-corrected chi connectivity index (χ4v) is 4.08. The predicted molar refractivity (Wildman–Crippen MR) is 116 cm³/mol. The van der Waals surface area contributed by atoms with Crippen LogP contribution in [0.25, 0.3) is 11.1 Å². The van der Waals surface area contributed by atoms with Gasteiger partial charge in [0.1, 0.15) is 17.0 Å². The van der Waals surface area contributed by atoms with E-state index in [0.29, 0.717) is 24.6 Å². The summed E-state index contributed by atoms with van der Waals surface area (Å²) in [6.07, 6.45) is 3.60. The third-order valence-corrected chi connectivity index (χ3v) is 5.82. The van der Waals surface area contributed by atoms with Crippen LogP contribution < -0.4 is 10.2 Å². The van der Waals surface area contributed by atoms with Gasteiger partial charge in [-0.15, -0.1) is 0 Å². The molecule has 1 saturated heterocycles. The number of carbonyl (C=O) groups is 1. The van der Waals surface area contributed by atoms with Crippen molar-refractivity contribution in [3.05, 3.63) is 46.9 Å². The van der Waals surface area contributed by atoms with E-state index in [1.807, 2.05) is 13.8 Å². The average Bonchev–Trinajstić information content (AvgIpc) is 3.20. The van der Waals surface area contributed by atoms with Gasteiger partial charge in [0.05, 0.1) is 11.6 Å². The lowest BCUT2D eigenvalue weighted by Crippen LogP contribution is -2.43. The minimum atomic E-state index is -0.0658. The number of rotatable bonds is 6. The Hall–Kier alpha value is -2.96. The number of aryl methyl sites for hydroxylation is 3. The van der Waals surface area contributed by atoms with Gasteiger partial charge in [0, 0.05) is 19.6 Å². The average molecular weight is 408 g/mol. The van der Waals surface area contributed by atoms with Crippen molar-refractivity contribution in [3.63, 3.8) is 0 Å². The molecule has 0 aliphatic carbocycles. The fourth-order valence-electron chi connectivity index (χ4n) is 4.08. The van der Waals surface area contributed by atoms with Gasteiger partial charge in [-0.2, -0.15) is 4.98 Å². The number of hydrogen-bond acceptors (Lipinski definition) is 6. The lowest BCUT2D eigenvalue weighted by molar-refractivity contribution is -0.125. The molecule has 1 aliphatic rings. The van der Waals surface area contributed by atoms with Gasteiger partial charge in [-0.1, -0.05) is 43.3 Å². The maximum Gasteiger partial charge on any atom is 0.263 e.